The molecule has 0 aliphatic heterocycles. The van der Waals surface area contributed by atoms with E-state index in [1.807, 2.05) is 0 Å². The van der Waals surface area contributed by atoms with E-state index in [1.54, 1.807) is 91.0 Å². The van der Waals surface area contributed by atoms with Gasteiger partial charge in [-0.1, -0.05) is 66.7 Å². The summed E-state index contributed by atoms with van der Waals surface area (Å²) in [6.07, 6.45) is -0.942. The quantitative estimate of drug-likeness (QED) is 0.150. The molecule has 0 saturated heterocycles. The topological polar surface area (TPSA) is 82.1 Å². The van der Waals surface area contributed by atoms with Crippen LogP contribution in [0.5, 0.6) is 11.5 Å². The highest BCUT2D eigenvalue weighted by molar-refractivity contribution is 6.18. The molecule has 0 spiro atoms. The van der Waals surface area contributed by atoms with Crippen molar-refractivity contribution >= 4 is 35.5 Å². The summed E-state index contributed by atoms with van der Waals surface area (Å²) >= 11 is 5.79. The number of rotatable bonds is 7. The molecule has 0 fully saturated rings. The van der Waals surface area contributed by atoms with Crippen molar-refractivity contribution in [2.75, 3.05) is 12.4 Å². The van der Waals surface area contributed by atoms with E-state index >= 15 is 0 Å². The molecule has 0 aliphatic carbocycles. The van der Waals surface area contributed by atoms with Crippen molar-refractivity contribution in [3.8, 4) is 11.5 Å². The number of amides is 2. The van der Waals surface area contributed by atoms with Crippen molar-refractivity contribution in [2.45, 2.75) is 0 Å². The number of imide groups is 1. The smallest absolute Gasteiger partial charge is 0.410 e. The van der Waals surface area contributed by atoms with Gasteiger partial charge in [-0.2, -0.15) is 0 Å². The Hall–Kier alpha value is -4.10. The Morgan fingerprint density at radius 3 is 1.82 bits per heavy atom. The van der Waals surface area contributed by atoms with Gasteiger partial charge in [0.15, 0.2) is 0 Å². The van der Waals surface area contributed by atoms with Gasteiger partial charge in [0.25, 0.3) is 5.91 Å². The number of carbonyl (C=O) groups is 3. The number of halogens is 1. The second-order valence-corrected chi connectivity index (χ2v) is 6.88. The van der Waals surface area contributed by atoms with E-state index in [0.717, 1.165) is 11.0 Å². The lowest BCUT2D eigenvalue weighted by molar-refractivity contribution is -0.123. The van der Waals surface area contributed by atoms with E-state index in [1.165, 1.54) is 0 Å². The summed E-state index contributed by atoms with van der Waals surface area (Å²) < 4.78 is 15.7. The molecule has 0 heterocycles. The van der Waals surface area contributed by atoms with Gasteiger partial charge in [-0.15, -0.1) is 11.6 Å². The summed E-state index contributed by atoms with van der Waals surface area (Å²) in [5, 5.41) is 0. The van der Waals surface area contributed by atoms with Gasteiger partial charge in [-0.3, -0.25) is 4.79 Å². The van der Waals surface area contributed by atoms with Crippen molar-refractivity contribution in [1.82, 2.24) is 4.90 Å². The number of ether oxygens (including phenoxy) is 3. The Morgan fingerprint density at radius 2 is 1.27 bits per heavy atom. The van der Waals surface area contributed by atoms with Gasteiger partial charge in [0, 0.05) is 24.1 Å². The maximum Gasteiger partial charge on any atom is 0.519 e. The predicted molar refractivity (Wildman–Crippen MR) is 123 cm³/mol. The molecule has 0 aliphatic rings. The minimum atomic E-state index is -1.04. The van der Waals surface area contributed by atoms with E-state index in [4.69, 9.17) is 25.8 Å². The minimum absolute atomic E-state index is 0.0129. The van der Waals surface area contributed by atoms with Crippen LogP contribution in [0.4, 0.5) is 9.59 Å². The molecule has 7 nitrogen and oxygen atoms in total. The number of para-hydroxylation sites is 2. The average Bonchev–Trinajstić information content (AvgIpc) is 2.83. The minimum Gasteiger partial charge on any atom is -0.410 e. The number of carbonyl (C=O) groups excluding carboxylic acids is 3. The van der Waals surface area contributed by atoms with Gasteiger partial charge in [0.05, 0.1) is 0 Å². The van der Waals surface area contributed by atoms with Gasteiger partial charge in [-0.25, -0.2) is 14.5 Å². The fraction of sp³-hybridized carbons (Fsp3) is 0.0800. The number of hydrogen-bond acceptors (Lipinski definition) is 6. The number of benzene rings is 3. The maximum absolute atomic E-state index is 12.9. The van der Waals surface area contributed by atoms with Crippen LogP contribution in [-0.4, -0.2) is 35.5 Å². The van der Waals surface area contributed by atoms with E-state index in [-0.39, 0.29) is 29.7 Å². The van der Waals surface area contributed by atoms with Crippen molar-refractivity contribution < 1.29 is 28.6 Å². The summed E-state index contributed by atoms with van der Waals surface area (Å²) in [5.74, 6) is -0.348. The third kappa shape index (κ3) is 7.22. The summed E-state index contributed by atoms with van der Waals surface area (Å²) in [6.45, 7) is -0.112. The molecule has 8 heteroatoms. The van der Waals surface area contributed by atoms with Crippen molar-refractivity contribution in [1.29, 1.82) is 0 Å². The van der Waals surface area contributed by atoms with Crippen LogP contribution in [0.15, 0.2) is 97.1 Å². The molecule has 0 N–H and O–H groups in total. The Kier molecular flexibility index (Phi) is 8.62. The Balaban J connectivity index is 1.82. The zero-order valence-electron chi connectivity index (χ0n) is 17.4. The fourth-order valence-corrected chi connectivity index (χ4v) is 2.85. The molecule has 3 aromatic rings. The molecular formula is C25H20ClNO6. The Bertz CT molecular complexity index is 1100. The highest BCUT2D eigenvalue weighted by atomic mass is 35.5. The van der Waals surface area contributed by atoms with Crippen LogP contribution in [0.2, 0.25) is 0 Å². The maximum atomic E-state index is 12.9. The Morgan fingerprint density at radius 1 is 0.758 bits per heavy atom. The van der Waals surface area contributed by atoms with Crippen molar-refractivity contribution in [2.24, 2.45) is 0 Å². The first kappa shape index (κ1) is 23.6. The molecule has 0 atom stereocenters. The normalized spacial score (nSPS) is 10.8. The Labute approximate surface area is 195 Å². The fourth-order valence-electron chi connectivity index (χ4n) is 2.68. The highest BCUT2D eigenvalue weighted by Gasteiger charge is 2.24. The molecule has 2 amide bonds. The number of nitrogens with zero attached hydrogens (tertiary/aromatic N) is 1. The zero-order chi connectivity index (χ0) is 23.5. The van der Waals surface area contributed by atoms with Crippen molar-refractivity contribution in [3.05, 3.63) is 103 Å². The lowest BCUT2D eigenvalue weighted by atomic mass is 10.2. The van der Waals surface area contributed by atoms with Gasteiger partial charge in [0.1, 0.15) is 17.3 Å². The second-order valence-electron chi connectivity index (χ2n) is 6.50. The van der Waals surface area contributed by atoms with E-state index in [0.29, 0.717) is 5.56 Å². The van der Waals surface area contributed by atoms with E-state index in [9.17, 15) is 14.4 Å². The molecule has 3 rings (SSSR count). The first-order valence-electron chi connectivity index (χ1n) is 9.93. The highest BCUT2D eigenvalue weighted by Crippen LogP contribution is 2.19. The van der Waals surface area contributed by atoms with Crippen molar-refractivity contribution in [3.63, 3.8) is 0 Å². The number of alkyl halides is 1. The SMILES string of the molecule is O=C(O/C(=C/C(=O)N(CCCl)C(=O)Oc1ccccc1)c1ccccc1)Oc1ccccc1. The third-order valence-electron chi connectivity index (χ3n) is 4.19. The zero-order valence-corrected chi connectivity index (χ0v) is 18.2. The van der Waals surface area contributed by atoms with E-state index < -0.39 is 18.2 Å². The standard InChI is InChI=1S/C25H20ClNO6/c26-16-17-27(24(29)31-20-12-6-2-7-13-20)23(28)18-22(19-10-4-1-5-11-19)33-25(30)32-21-14-8-3-9-15-21/h1-15,18H,16-17H2/b22-18+. The second kappa shape index (κ2) is 12.1. The van der Waals surface area contributed by atoms with E-state index in [2.05, 4.69) is 0 Å². The van der Waals surface area contributed by atoms with Gasteiger partial charge >= 0.3 is 12.2 Å². The first-order valence-corrected chi connectivity index (χ1v) is 10.5. The molecule has 3 aromatic carbocycles. The summed E-state index contributed by atoms with van der Waals surface area (Å²) in [6, 6.07) is 25.1. The average molecular weight is 466 g/mol. The number of hydrogen-bond donors (Lipinski definition) is 0. The molecule has 0 bridgehead atoms. The van der Waals surface area contributed by atoms with Crippen LogP contribution in [0.3, 0.4) is 0 Å². The molecule has 0 aromatic heterocycles. The van der Waals surface area contributed by atoms with Crippen LogP contribution in [0.1, 0.15) is 5.56 Å². The van der Waals surface area contributed by atoms with Crippen LogP contribution >= 0.6 is 11.6 Å². The summed E-state index contributed by atoms with van der Waals surface area (Å²) in [4.78, 5) is 38.7. The molecule has 0 unspecified atom stereocenters. The molecule has 33 heavy (non-hydrogen) atoms. The monoisotopic (exact) mass is 465 g/mol. The molecule has 0 saturated carbocycles. The van der Waals surface area contributed by atoms with Crippen LogP contribution in [0, 0.1) is 0 Å². The lowest BCUT2D eigenvalue weighted by Gasteiger charge is -2.18. The van der Waals surface area contributed by atoms with Crippen LogP contribution in [0.25, 0.3) is 5.76 Å². The van der Waals surface area contributed by atoms with Gasteiger partial charge in [-0.05, 0) is 24.3 Å². The third-order valence-corrected chi connectivity index (χ3v) is 4.36. The summed E-state index contributed by atoms with van der Waals surface area (Å²) in [7, 11) is 0. The summed E-state index contributed by atoms with van der Waals surface area (Å²) in [5.41, 5.74) is 0.429. The van der Waals surface area contributed by atoms with Gasteiger partial charge in [0.2, 0.25) is 0 Å². The molecular weight excluding hydrogens is 446 g/mol. The van der Waals surface area contributed by atoms with Crippen LogP contribution in [-0.2, 0) is 9.53 Å². The predicted octanol–water partition coefficient (Wildman–Crippen LogP) is 5.51. The molecule has 168 valence electrons. The lowest BCUT2D eigenvalue weighted by Crippen LogP contribution is -2.39. The molecule has 0 radical (unpaired) electrons. The van der Waals surface area contributed by atoms with Gasteiger partial charge < -0.3 is 14.2 Å². The van der Waals surface area contributed by atoms with Crippen LogP contribution < -0.4 is 9.47 Å². The first-order chi connectivity index (χ1) is 16.1. The largest absolute Gasteiger partial charge is 0.519 e.